The van der Waals surface area contributed by atoms with Crippen molar-refractivity contribution >= 4 is 32.2 Å². The second-order valence-electron chi connectivity index (χ2n) is 6.42. The summed E-state index contributed by atoms with van der Waals surface area (Å²) < 4.78 is 2.65. The number of benzene rings is 1. The van der Waals surface area contributed by atoms with Gasteiger partial charge in [0, 0.05) is 10.9 Å². The minimum absolute atomic E-state index is 0.0383. The highest BCUT2D eigenvalue weighted by Crippen LogP contribution is 2.41. The van der Waals surface area contributed by atoms with Gasteiger partial charge in [0.05, 0.1) is 10.9 Å². The Bertz CT molecular complexity index is 884. The van der Waals surface area contributed by atoms with Crippen molar-refractivity contribution in [2.45, 2.75) is 38.6 Å². The smallest absolute Gasteiger partial charge is 0.230 e. The van der Waals surface area contributed by atoms with Crippen LogP contribution in [0.5, 0.6) is 5.88 Å². The predicted octanol–water partition coefficient (Wildman–Crippen LogP) is 4.40. The lowest BCUT2D eigenvalue weighted by Gasteiger charge is -2.34. The minimum Gasteiger partial charge on any atom is -0.492 e. The topological polar surface area (TPSA) is 53.7 Å². The van der Waals surface area contributed by atoms with E-state index in [0.717, 1.165) is 39.6 Å². The van der Waals surface area contributed by atoms with E-state index >= 15 is 0 Å². The summed E-state index contributed by atoms with van der Waals surface area (Å²) >= 11 is 5.13. The van der Waals surface area contributed by atoms with Crippen LogP contribution in [0.25, 0.3) is 4.96 Å². The summed E-state index contributed by atoms with van der Waals surface area (Å²) in [6.07, 6.45) is 4.45. The molecule has 2 aromatic heterocycles. The van der Waals surface area contributed by atoms with Gasteiger partial charge in [0.1, 0.15) is 0 Å². The van der Waals surface area contributed by atoms with Gasteiger partial charge in [-0.15, -0.1) is 5.10 Å². The maximum Gasteiger partial charge on any atom is 0.230 e. The third-order valence-electron chi connectivity index (χ3n) is 4.73. The van der Waals surface area contributed by atoms with Crippen LogP contribution in [0.3, 0.4) is 0 Å². The Hall–Kier alpha value is -1.44. The van der Waals surface area contributed by atoms with Crippen molar-refractivity contribution in [3.05, 3.63) is 45.0 Å². The summed E-state index contributed by atoms with van der Waals surface area (Å²) in [5, 5.41) is 15.3. The SMILES string of the molecule is CCc1nc2sc([C@@H](c3cccc(Br)c3)N3CCCCC3)c(O)n2n1. The number of thiazole rings is 1. The molecular weight excluding hydrogens is 400 g/mol. The largest absolute Gasteiger partial charge is 0.492 e. The number of hydrogen-bond acceptors (Lipinski definition) is 5. The summed E-state index contributed by atoms with van der Waals surface area (Å²) in [7, 11) is 0. The molecule has 1 fully saturated rings. The van der Waals surface area contributed by atoms with E-state index in [1.807, 2.05) is 13.0 Å². The van der Waals surface area contributed by atoms with Crippen molar-refractivity contribution in [3.8, 4) is 5.88 Å². The molecule has 25 heavy (non-hydrogen) atoms. The molecule has 1 aliphatic heterocycles. The molecule has 0 radical (unpaired) electrons. The van der Waals surface area contributed by atoms with Gasteiger partial charge in [-0.2, -0.15) is 4.52 Å². The van der Waals surface area contributed by atoms with Crippen molar-refractivity contribution in [1.29, 1.82) is 0 Å². The highest BCUT2D eigenvalue weighted by molar-refractivity contribution is 9.10. The van der Waals surface area contributed by atoms with E-state index in [2.05, 4.69) is 49.1 Å². The lowest BCUT2D eigenvalue weighted by Crippen LogP contribution is -2.34. The molecule has 1 aliphatic rings. The summed E-state index contributed by atoms with van der Waals surface area (Å²) in [4.78, 5) is 8.70. The fourth-order valence-electron chi connectivity index (χ4n) is 3.50. The second-order valence-corrected chi connectivity index (χ2v) is 8.34. The third-order valence-corrected chi connectivity index (χ3v) is 6.29. The van der Waals surface area contributed by atoms with Gasteiger partial charge in [-0.1, -0.05) is 52.7 Å². The van der Waals surface area contributed by atoms with E-state index < -0.39 is 0 Å². The molecule has 0 aliphatic carbocycles. The number of aromatic nitrogens is 3. The first kappa shape index (κ1) is 17.0. The molecule has 3 aromatic rings. The van der Waals surface area contributed by atoms with Crippen molar-refractivity contribution in [2.24, 2.45) is 0 Å². The summed E-state index contributed by atoms with van der Waals surface area (Å²) in [6, 6.07) is 8.41. The minimum atomic E-state index is 0.0383. The van der Waals surface area contributed by atoms with Crippen molar-refractivity contribution in [3.63, 3.8) is 0 Å². The van der Waals surface area contributed by atoms with Crippen LogP contribution < -0.4 is 0 Å². The molecule has 3 heterocycles. The zero-order valence-electron chi connectivity index (χ0n) is 14.2. The van der Waals surface area contributed by atoms with E-state index in [0.29, 0.717) is 0 Å². The number of rotatable bonds is 4. The molecule has 1 saturated heterocycles. The Morgan fingerprint density at radius 1 is 1.28 bits per heavy atom. The molecule has 1 aromatic carbocycles. The van der Waals surface area contributed by atoms with Crippen LogP contribution in [-0.2, 0) is 6.42 Å². The number of fused-ring (bicyclic) bond motifs is 1. The molecule has 0 saturated carbocycles. The van der Waals surface area contributed by atoms with E-state index in [9.17, 15) is 5.11 Å². The quantitative estimate of drug-likeness (QED) is 0.679. The van der Waals surface area contributed by atoms with E-state index in [4.69, 9.17) is 0 Å². The normalized spacial score (nSPS) is 17.2. The first-order valence-electron chi connectivity index (χ1n) is 8.74. The number of aryl methyl sites for hydroxylation is 1. The van der Waals surface area contributed by atoms with Crippen LogP contribution in [0.1, 0.15) is 48.5 Å². The van der Waals surface area contributed by atoms with Gasteiger partial charge in [-0.3, -0.25) is 4.90 Å². The van der Waals surface area contributed by atoms with Crippen molar-refractivity contribution in [1.82, 2.24) is 19.5 Å². The lowest BCUT2D eigenvalue weighted by atomic mass is 10.0. The number of halogens is 1. The maximum atomic E-state index is 10.9. The molecule has 4 rings (SSSR count). The molecular formula is C18H21BrN4OS. The molecule has 5 nitrogen and oxygen atoms in total. The Kier molecular flexibility index (Phi) is 4.80. The predicted molar refractivity (Wildman–Crippen MR) is 103 cm³/mol. The molecule has 0 amide bonds. The number of aromatic hydroxyl groups is 1. The van der Waals surface area contributed by atoms with Gasteiger partial charge in [0.2, 0.25) is 10.8 Å². The molecule has 0 spiro atoms. The Labute approximate surface area is 159 Å². The van der Waals surface area contributed by atoms with Gasteiger partial charge >= 0.3 is 0 Å². The highest BCUT2D eigenvalue weighted by Gasteiger charge is 2.30. The molecule has 0 bridgehead atoms. The molecule has 1 atom stereocenters. The van der Waals surface area contributed by atoms with Gasteiger partial charge in [-0.05, 0) is 43.6 Å². The third kappa shape index (κ3) is 3.20. The average Bonchev–Trinajstić information content (AvgIpc) is 3.16. The zero-order chi connectivity index (χ0) is 17.4. The van der Waals surface area contributed by atoms with Crippen molar-refractivity contribution < 1.29 is 5.11 Å². The van der Waals surface area contributed by atoms with E-state index in [1.54, 1.807) is 15.9 Å². The van der Waals surface area contributed by atoms with Crippen LogP contribution >= 0.6 is 27.3 Å². The molecule has 132 valence electrons. The number of piperidine rings is 1. The van der Waals surface area contributed by atoms with Gasteiger partial charge < -0.3 is 5.11 Å². The number of nitrogens with zero attached hydrogens (tertiary/aromatic N) is 4. The zero-order valence-corrected chi connectivity index (χ0v) is 16.6. The number of likely N-dealkylation sites (tertiary alicyclic amines) is 1. The lowest BCUT2D eigenvalue weighted by molar-refractivity contribution is 0.186. The fourth-order valence-corrected chi connectivity index (χ4v) is 5.05. The Morgan fingerprint density at radius 2 is 2.08 bits per heavy atom. The van der Waals surface area contributed by atoms with Crippen LogP contribution in [0.15, 0.2) is 28.7 Å². The van der Waals surface area contributed by atoms with Crippen LogP contribution in [0.4, 0.5) is 0 Å². The second kappa shape index (κ2) is 7.05. The van der Waals surface area contributed by atoms with Gasteiger partial charge in [-0.25, -0.2) is 4.98 Å². The molecule has 0 unspecified atom stereocenters. The first-order chi connectivity index (χ1) is 12.2. The Morgan fingerprint density at radius 3 is 2.76 bits per heavy atom. The maximum absolute atomic E-state index is 10.9. The van der Waals surface area contributed by atoms with Gasteiger partial charge in [0.15, 0.2) is 5.82 Å². The molecule has 1 N–H and O–H groups in total. The number of hydrogen-bond donors (Lipinski definition) is 1. The summed E-state index contributed by atoms with van der Waals surface area (Å²) in [5.41, 5.74) is 1.19. The van der Waals surface area contributed by atoms with Crippen LogP contribution in [0.2, 0.25) is 0 Å². The van der Waals surface area contributed by atoms with Crippen LogP contribution in [-0.4, -0.2) is 37.7 Å². The average molecular weight is 421 g/mol. The molecule has 7 heteroatoms. The van der Waals surface area contributed by atoms with E-state index in [1.165, 1.54) is 24.8 Å². The van der Waals surface area contributed by atoms with Crippen molar-refractivity contribution in [2.75, 3.05) is 13.1 Å². The summed E-state index contributed by atoms with van der Waals surface area (Å²) in [6.45, 7) is 4.12. The Balaban J connectivity index is 1.82. The van der Waals surface area contributed by atoms with Crippen LogP contribution in [0, 0.1) is 0 Å². The summed E-state index contributed by atoms with van der Waals surface area (Å²) in [5.74, 6) is 0.993. The van der Waals surface area contributed by atoms with E-state index in [-0.39, 0.29) is 11.9 Å². The standard InChI is InChI=1S/C18H21BrN4OS/c1-2-14-20-18-23(21-14)17(24)16(25-18)15(22-9-4-3-5-10-22)12-7-6-8-13(19)11-12/h6-8,11,15,24H,2-5,9-10H2,1H3/t15-/m1/s1. The fraction of sp³-hybridized carbons (Fsp3) is 0.444. The van der Waals surface area contributed by atoms with Gasteiger partial charge in [0.25, 0.3) is 0 Å². The highest BCUT2D eigenvalue weighted by atomic mass is 79.9. The monoisotopic (exact) mass is 420 g/mol. The first-order valence-corrected chi connectivity index (χ1v) is 10.3.